The molecule has 0 aromatic heterocycles. The van der Waals surface area contributed by atoms with Crippen LogP contribution in [0.4, 0.5) is 5.69 Å². The molecule has 0 heterocycles. The molecule has 4 nitrogen and oxygen atoms in total. The normalized spacial score (nSPS) is 10.9. The van der Waals surface area contributed by atoms with E-state index in [2.05, 4.69) is 27.7 Å². The third-order valence-electron chi connectivity index (χ3n) is 7.11. The molecule has 0 atom stereocenters. The molecule has 3 rings (SSSR count). The van der Waals surface area contributed by atoms with Crippen LogP contribution in [0.1, 0.15) is 92.7 Å². The Morgan fingerprint density at radius 3 is 1.58 bits per heavy atom. The first-order chi connectivity index (χ1) is 18.4. The van der Waals surface area contributed by atoms with Gasteiger partial charge in [-0.05, 0) is 117 Å². The Kier molecular flexibility index (Phi) is 11.4. The lowest BCUT2D eigenvalue weighted by Gasteiger charge is -2.26. The van der Waals surface area contributed by atoms with E-state index in [4.69, 9.17) is 19.7 Å². The minimum Gasteiger partial charge on any atom is -0.490 e. The fourth-order valence-corrected chi connectivity index (χ4v) is 4.93. The first kappa shape index (κ1) is 29.5. The Morgan fingerprint density at radius 2 is 1.11 bits per heavy atom. The highest BCUT2D eigenvalue weighted by Gasteiger charge is 2.33. The number of nitrogens with two attached hydrogens (primary N) is 1. The summed E-state index contributed by atoms with van der Waals surface area (Å²) in [5.74, 6) is 2.10. The molecule has 0 amide bonds. The molecule has 5 heteroatoms. The Bertz CT molecular complexity index is 1130. The molecular weight excluding hydrogens is 469 g/mol. The number of anilines is 1. The van der Waals surface area contributed by atoms with Crippen LogP contribution >= 0.6 is 0 Å². The van der Waals surface area contributed by atoms with Crippen LogP contribution < -0.4 is 19.7 Å². The van der Waals surface area contributed by atoms with Crippen LogP contribution in [-0.4, -0.2) is 7.32 Å². The lowest BCUT2D eigenvalue weighted by molar-refractivity contribution is 0.306. The van der Waals surface area contributed by atoms with Gasteiger partial charge in [0.15, 0.2) is 0 Å². The summed E-state index contributed by atoms with van der Waals surface area (Å²) in [6.45, 7) is 13.0. The fourth-order valence-electron chi connectivity index (χ4n) is 4.93. The second-order valence-electron chi connectivity index (χ2n) is 10.4. The molecular formula is C33H46BNO3. The lowest BCUT2D eigenvalue weighted by atomic mass is 9.86. The summed E-state index contributed by atoms with van der Waals surface area (Å²) in [4.78, 5) is 0. The predicted molar refractivity (Wildman–Crippen MR) is 161 cm³/mol. The number of aryl methyl sites for hydroxylation is 2. The van der Waals surface area contributed by atoms with Crippen molar-refractivity contribution in [3.05, 3.63) is 81.9 Å². The maximum absolute atomic E-state index is 6.99. The zero-order valence-electron chi connectivity index (χ0n) is 24.4. The molecule has 0 aliphatic rings. The van der Waals surface area contributed by atoms with Gasteiger partial charge >= 0.3 is 7.32 Å². The first-order valence-corrected chi connectivity index (χ1v) is 14.4. The molecule has 0 aliphatic carbocycles. The van der Waals surface area contributed by atoms with Crippen molar-refractivity contribution in [2.45, 2.75) is 99.3 Å². The summed E-state index contributed by atoms with van der Waals surface area (Å²) in [5.41, 5.74) is 15.1. The molecule has 0 radical (unpaired) electrons. The number of rotatable bonds is 15. The van der Waals surface area contributed by atoms with Crippen LogP contribution in [0.2, 0.25) is 0 Å². The van der Waals surface area contributed by atoms with Crippen molar-refractivity contribution in [3.8, 4) is 17.2 Å². The number of unbranched alkanes of at least 4 members (excludes halogenated alkanes) is 3. The number of benzene rings is 3. The number of hydrogen-bond donors (Lipinski definition) is 1. The van der Waals surface area contributed by atoms with Gasteiger partial charge in [-0.25, -0.2) is 0 Å². The second kappa shape index (κ2) is 14.8. The van der Waals surface area contributed by atoms with Crippen molar-refractivity contribution in [1.29, 1.82) is 0 Å². The van der Waals surface area contributed by atoms with Crippen LogP contribution in [0.15, 0.2) is 48.5 Å². The second-order valence-corrected chi connectivity index (χ2v) is 10.4. The third kappa shape index (κ3) is 7.96. The SMILES string of the molecule is CCCCc1c(C)c(CCCC)c(OB(Oc2cccc(C)c2)Oc2cccc(C)c2)c(N)c1CCCC. The number of nitrogen functional groups attached to an aromatic ring is 1. The summed E-state index contributed by atoms with van der Waals surface area (Å²) in [7, 11) is -0.985. The van der Waals surface area contributed by atoms with E-state index in [1.165, 1.54) is 22.3 Å². The van der Waals surface area contributed by atoms with E-state index >= 15 is 0 Å². The van der Waals surface area contributed by atoms with Gasteiger partial charge in [0.1, 0.15) is 17.2 Å². The highest BCUT2D eigenvalue weighted by atomic mass is 16.7. The van der Waals surface area contributed by atoms with E-state index in [1.807, 2.05) is 62.4 Å². The molecule has 0 saturated carbocycles. The molecule has 0 aliphatic heterocycles. The quantitative estimate of drug-likeness (QED) is 0.162. The first-order valence-electron chi connectivity index (χ1n) is 14.4. The highest BCUT2D eigenvalue weighted by molar-refractivity contribution is 6.39. The van der Waals surface area contributed by atoms with Crippen molar-refractivity contribution < 1.29 is 14.0 Å². The minimum atomic E-state index is -0.985. The summed E-state index contributed by atoms with van der Waals surface area (Å²) < 4.78 is 19.3. The third-order valence-corrected chi connectivity index (χ3v) is 7.11. The molecule has 3 aromatic carbocycles. The topological polar surface area (TPSA) is 53.7 Å². The molecule has 0 fully saturated rings. The Labute approximate surface area is 231 Å². The van der Waals surface area contributed by atoms with Crippen LogP contribution in [0.5, 0.6) is 17.2 Å². The van der Waals surface area contributed by atoms with Gasteiger partial charge in [0.25, 0.3) is 0 Å². The maximum Gasteiger partial charge on any atom is 0.864 e. The Morgan fingerprint density at radius 1 is 0.632 bits per heavy atom. The van der Waals surface area contributed by atoms with Gasteiger partial charge in [-0.15, -0.1) is 0 Å². The van der Waals surface area contributed by atoms with Gasteiger partial charge in [0, 0.05) is 0 Å². The van der Waals surface area contributed by atoms with E-state index in [1.54, 1.807) is 0 Å². The molecule has 204 valence electrons. The largest absolute Gasteiger partial charge is 0.864 e. The predicted octanol–water partition coefficient (Wildman–Crippen LogP) is 8.74. The fraction of sp³-hybridized carbons (Fsp3) is 0.455. The van der Waals surface area contributed by atoms with Crippen LogP contribution in [0.25, 0.3) is 0 Å². The summed E-state index contributed by atoms with van der Waals surface area (Å²) in [6.07, 6.45) is 9.62. The molecule has 0 spiro atoms. The van der Waals surface area contributed by atoms with E-state index < -0.39 is 7.32 Å². The minimum absolute atomic E-state index is 0.693. The smallest absolute Gasteiger partial charge is 0.490 e. The van der Waals surface area contributed by atoms with E-state index in [0.29, 0.717) is 17.2 Å². The molecule has 0 unspecified atom stereocenters. The zero-order chi connectivity index (χ0) is 27.5. The average molecular weight is 516 g/mol. The van der Waals surface area contributed by atoms with Crippen molar-refractivity contribution in [1.82, 2.24) is 0 Å². The lowest BCUT2D eigenvalue weighted by Crippen LogP contribution is -2.37. The Hall–Kier alpha value is -3.08. The van der Waals surface area contributed by atoms with E-state index in [9.17, 15) is 0 Å². The molecule has 3 aromatic rings. The molecule has 0 saturated heterocycles. The average Bonchev–Trinajstić information content (AvgIpc) is 2.89. The van der Waals surface area contributed by atoms with Crippen LogP contribution in [0.3, 0.4) is 0 Å². The van der Waals surface area contributed by atoms with Gasteiger partial charge in [-0.3, -0.25) is 0 Å². The Balaban J connectivity index is 2.09. The van der Waals surface area contributed by atoms with Crippen molar-refractivity contribution in [2.24, 2.45) is 0 Å². The van der Waals surface area contributed by atoms with Crippen molar-refractivity contribution >= 4 is 13.0 Å². The summed E-state index contributed by atoms with van der Waals surface area (Å²) >= 11 is 0. The molecule has 0 bridgehead atoms. The molecule has 38 heavy (non-hydrogen) atoms. The van der Waals surface area contributed by atoms with Gasteiger partial charge < -0.3 is 19.7 Å². The van der Waals surface area contributed by atoms with Crippen LogP contribution in [-0.2, 0) is 19.3 Å². The van der Waals surface area contributed by atoms with Gasteiger partial charge in [-0.1, -0.05) is 64.3 Å². The van der Waals surface area contributed by atoms with Gasteiger partial charge in [-0.2, -0.15) is 0 Å². The van der Waals surface area contributed by atoms with Gasteiger partial charge in [0.2, 0.25) is 0 Å². The van der Waals surface area contributed by atoms with Crippen molar-refractivity contribution in [2.75, 3.05) is 5.73 Å². The van der Waals surface area contributed by atoms with E-state index in [-0.39, 0.29) is 0 Å². The highest BCUT2D eigenvalue weighted by Crippen LogP contribution is 2.39. The van der Waals surface area contributed by atoms with Crippen LogP contribution in [0, 0.1) is 20.8 Å². The monoisotopic (exact) mass is 515 g/mol. The standard InChI is InChI=1S/C33H46BNO3/c1-7-10-19-29-26(6)30(20-11-8-2)33(32(35)31(29)21-12-9-3)38-34(36-27-17-13-15-24(4)22-27)37-28-18-14-16-25(5)23-28/h13-18,22-23H,7-12,19-21,35H2,1-6H3. The van der Waals surface area contributed by atoms with E-state index in [0.717, 1.165) is 74.6 Å². The van der Waals surface area contributed by atoms with Crippen molar-refractivity contribution in [3.63, 3.8) is 0 Å². The zero-order valence-corrected chi connectivity index (χ0v) is 24.4. The maximum atomic E-state index is 6.99. The summed E-state index contributed by atoms with van der Waals surface area (Å²) in [6, 6.07) is 15.9. The number of hydrogen-bond acceptors (Lipinski definition) is 4. The van der Waals surface area contributed by atoms with Gasteiger partial charge in [0.05, 0.1) is 5.69 Å². The molecule has 2 N–H and O–H groups in total. The summed E-state index contributed by atoms with van der Waals surface area (Å²) in [5, 5.41) is 0.